The van der Waals surface area contributed by atoms with Gasteiger partial charge in [-0.15, -0.1) is 10.2 Å². The number of nitrogens with zero attached hydrogens (tertiary/aromatic N) is 3. The van der Waals surface area contributed by atoms with Crippen molar-refractivity contribution >= 4 is 42.4 Å². The van der Waals surface area contributed by atoms with Gasteiger partial charge in [0.2, 0.25) is 0 Å². The summed E-state index contributed by atoms with van der Waals surface area (Å²) >= 11 is 11.8. The fraction of sp³-hybridized carbons (Fsp3) is 0.182. The van der Waals surface area contributed by atoms with Crippen LogP contribution in [0.15, 0.2) is 18.2 Å². The zero-order valence-corrected chi connectivity index (χ0v) is 13.6. The Morgan fingerprint density at radius 2 is 2.05 bits per heavy atom. The van der Waals surface area contributed by atoms with Crippen LogP contribution in [0.3, 0.4) is 0 Å². The van der Waals surface area contributed by atoms with Crippen LogP contribution in [-0.2, 0) is 10.9 Å². The smallest absolute Gasteiger partial charge is 0.323 e. The molecule has 1 amide bonds. The number of hydrogen-bond donors (Lipinski definition) is 3. The number of anilines is 1. The van der Waals surface area contributed by atoms with Crippen molar-refractivity contribution in [3.8, 4) is 0 Å². The molecule has 0 spiro atoms. The van der Waals surface area contributed by atoms with Crippen LogP contribution in [0.2, 0.25) is 10.2 Å². The van der Waals surface area contributed by atoms with E-state index < -0.39 is 19.8 Å². The monoisotopic (exact) mass is 364 g/mol. The third-order valence-electron chi connectivity index (χ3n) is 2.51. The Morgan fingerprint density at radius 3 is 2.64 bits per heavy atom. The first kappa shape index (κ1) is 16.9. The summed E-state index contributed by atoms with van der Waals surface area (Å²) in [7, 11) is -4.38. The van der Waals surface area contributed by atoms with E-state index in [1.165, 1.54) is 0 Å². The summed E-state index contributed by atoms with van der Waals surface area (Å²) < 4.78 is 10.9. The predicted octanol–water partition coefficient (Wildman–Crippen LogP) is 2.28. The lowest BCUT2D eigenvalue weighted by Gasteiger charge is -2.06. The zero-order chi connectivity index (χ0) is 16.5. The number of carbonyl (C=O) groups is 1. The van der Waals surface area contributed by atoms with Gasteiger partial charge in [0.1, 0.15) is 0 Å². The number of aromatic nitrogens is 3. The number of amides is 1. The van der Waals surface area contributed by atoms with Gasteiger partial charge < -0.3 is 15.1 Å². The van der Waals surface area contributed by atoms with Gasteiger partial charge >= 0.3 is 7.60 Å². The van der Waals surface area contributed by atoms with Gasteiger partial charge in [-0.2, -0.15) is 4.80 Å². The summed E-state index contributed by atoms with van der Waals surface area (Å²) in [5, 5.41) is 9.82. The van der Waals surface area contributed by atoms with E-state index in [0.717, 1.165) is 5.56 Å². The fourth-order valence-electron chi connectivity index (χ4n) is 1.60. The van der Waals surface area contributed by atoms with Gasteiger partial charge in [0.05, 0.1) is 10.7 Å². The van der Waals surface area contributed by atoms with E-state index in [0.29, 0.717) is 15.5 Å². The maximum absolute atomic E-state index is 12.1. The van der Waals surface area contributed by atoms with Gasteiger partial charge in [-0.3, -0.25) is 9.36 Å². The van der Waals surface area contributed by atoms with Crippen LogP contribution < -0.4 is 5.32 Å². The number of carbonyl (C=O) groups excluding carboxylic acids is 1. The zero-order valence-electron chi connectivity index (χ0n) is 11.2. The first-order valence-corrected chi connectivity index (χ1v) is 8.44. The molecule has 1 aromatic carbocycles. The van der Waals surface area contributed by atoms with Gasteiger partial charge in [0.25, 0.3) is 5.91 Å². The highest BCUT2D eigenvalue weighted by Gasteiger charge is 2.22. The molecule has 118 valence electrons. The summed E-state index contributed by atoms with van der Waals surface area (Å²) in [6.45, 7) is 1.85. The summed E-state index contributed by atoms with van der Waals surface area (Å²) in [5.41, 5.74) is 1.03. The van der Waals surface area contributed by atoms with E-state index >= 15 is 0 Å². The molecule has 0 aliphatic carbocycles. The Labute approximate surface area is 135 Å². The molecule has 1 aromatic heterocycles. The van der Waals surface area contributed by atoms with Crippen molar-refractivity contribution in [3.05, 3.63) is 39.6 Å². The number of halogens is 2. The van der Waals surface area contributed by atoms with Gasteiger partial charge in [0.15, 0.2) is 17.1 Å². The SMILES string of the molecule is Cc1ccc(NC(=O)c2nn(CP(=O)(O)O)nc2Cl)c(Cl)c1. The second-order valence-corrected chi connectivity index (χ2v) is 6.83. The molecule has 0 bridgehead atoms. The molecule has 0 unspecified atom stereocenters. The van der Waals surface area contributed by atoms with Crippen LogP contribution in [-0.4, -0.2) is 30.7 Å². The van der Waals surface area contributed by atoms with Crippen molar-refractivity contribution in [3.63, 3.8) is 0 Å². The fourth-order valence-corrected chi connectivity index (χ4v) is 2.55. The Hall–Kier alpha value is -1.44. The van der Waals surface area contributed by atoms with E-state index in [4.69, 9.17) is 33.0 Å². The molecule has 0 fully saturated rings. The van der Waals surface area contributed by atoms with E-state index in [-0.39, 0.29) is 10.8 Å². The van der Waals surface area contributed by atoms with Crippen molar-refractivity contribution in [1.82, 2.24) is 15.0 Å². The van der Waals surface area contributed by atoms with Crippen LogP contribution in [0.5, 0.6) is 0 Å². The largest absolute Gasteiger partial charge is 0.348 e. The minimum absolute atomic E-state index is 0.258. The van der Waals surface area contributed by atoms with Gasteiger partial charge in [0, 0.05) is 0 Å². The Kier molecular flexibility index (Phi) is 4.89. The molecule has 1 heterocycles. The van der Waals surface area contributed by atoms with E-state index in [9.17, 15) is 9.36 Å². The van der Waals surface area contributed by atoms with Gasteiger partial charge in [-0.1, -0.05) is 29.3 Å². The van der Waals surface area contributed by atoms with Crippen molar-refractivity contribution in [2.75, 3.05) is 5.32 Å². The molecule has 22 heavy (non-hydrogen) atoms. The third kappa shape index (κ3) is 4.28. The normalized spacial score (nSPS) is 11.5. The molecule has 0 aliphatic rings. The summed E-state index contributed by atoms with van der Waals surface area (Å²) in [5.74, 6) is -0.687. The Balaban J connectivity index is 2.21. The predicted molar refractivity (Wildman–Crippen MR) is 81.2 cm³/mol. The average molecular weight is 365 g/mol. The molecule has 0 saturated carbocycles. The van der Waals surface area contributed by atoms with Crippen molar-refractivity contribution < 1.29 is 19.1 Å². The van der Waals surface area contributed by atoms with Crippen molar-refractivity contribution in [1.29, 1.82) is 0 Å². The number of rotatable bonds is 4. The second-order valence-electron chi connectivity index (χ2n) is 4.46. The first-order chi connectivity index (χ1) is 10.2. The van der Waals surface area contributed by atoms with Crippen LogP contribution in [0.1, 0.15) is 16.1 Å². The molecular weight excluding hydrogens is 354 g/mol. The van der Waals surface area contributed by atoms with E-state index in [1.807, 2.05) is 6.92 Å². The lowest BCUT2D eigenvalue weighted by Crippen LogP contribution is -2.14. The molecule has 2 aromatic rings. The maximum Gasteiger partial charge on any atom is 0.348 e. The second kappa shape index (κ2) is 6.36. The molecule has 3 N–H and O–H groups in total. The number of benzene rings is 1. The highest BCUT2D eigenvalue weighted by atomic mass is 35.5. The molecule has 11 heteroatoms. The molecule has 8 nitrogen and oxygen atoms in total. The molecule has 0 saturated heterocycles. The van der Waals surface area contributed by atoms with Crippen molar-refractivity contribution in [2.45, 2.75) is 13.2 Å². The van der Waals surface area contributed by atoms with Crippen LogP contribution in [0.25, 0.3) is 0 Å². The molecule has 0 atom stereocenters. The Bertz CT molecular complexity index is 773. The standard InChI is InChI=1S/C11H11Cl2N4O4P/c1-6-2-3-8(7(12)4-6)14-11(18)9-10(13)16-17(15-9)5-22(19,20)21/h2-4H,5H2,1H3,(H,14,18)(H2,19,20,21). The topological polar surface area (TPSA) is 117 Å². The molecule has 2 rings (SSSR count). The molecule has 0 radical (unpaired) electrons. The van der Waals surface area contributed by atoms with Gasteiger partial charge in [-0.25, -0.2) is 0 Å². The number of aryl methyl sites for hydroxylation is 1. The first-order valence-electron chi connectivity index (χ1n) is 5.88. The van der Waals surface area contributed by atoms with Crippen LogP contribution in [0.4, 0.5) is 5.69 Å². The summed E-state index contributed by atoms with van der Waals surface area (Å²) in [6, 6.07) is 5.04. The minimum atomic E-state index is -4.38. The van der Waals surface area contributed by atoms with Crippen molar-refractivity contribution in [2.24, 2.45) is 0 Å². The number of nitrogens with one attached hydrogen (secondary N) is 1. The van der Waals surface area contributed by atoms with E-state index in [2.05, 4.69) is 15.5 Å². The van der Waals surface area contributed by atoms with E-state index in [1.54, 1.807) is 18.2 Å². The molecule has 0 aliphatic heterocycles. The average Bonchev–Trinajstić information content (AvgIpc) is 2.71. The third-order valence-corrected chi connectivity index (χ3v) is 3.70. The number of hydrogen-bond acceptors (Lipinski definition) is 4. The lowest BCUT2D eigenvalue weighted by atomic mass is 10.2. The summed E-state index contributed by atoms with van der Waals surface area (Å²) in [4.78, 5) is 30.5. The quantitative estimate of drug-likeness (QED) is 0.716. The lowest BCUT2D eigenvalue weighted by molar-refractivity contribution is 0.102. The Morgan fingerprint density at radius 1 is 1.36 bits per heavy atom. The van der Waals surface area contributed by atoms with Crippen LogP contribution in [0, 0.1) is 6.92 Å². The highest BCUT2D eigenvalue weighted by Crippen LogP contribution is 2.36. The highest BCUT2D eigenvalue weighted by molar-refractivity contribution is 7.50. The minimum Gasteiger partial charge on any atom is -0.323 e. The van der Waals surface area contributed by atoms with Crippen LogP contribution >= 0.6 is 30.8 Å². The summed E-state index contributed by atoms with van der Waals surface area (Å²) in [6.07, 6.45) is -0.773. The maximum atomic E-state index is 12.1. The van der Waals surface area contributed by atoms with Gasteiger partial charge in [-0.05, 0) is 24.6 Å². The molecular formula is C11H11Cl2N4O4P.